The van der Waals surface area contributed by atoms with Crippen molar-refractivity contribution in [1.82, 2.24) is 4.90 Å². The number of rotatable bonds is 5. The number of carbonyl (C=O) groups excluding carboxylic acids is 1. The third-order valence-corrected chi connectivity index (χ3v) is 6.67. The SMILES string of the molecule is CN1C[C@H](c2ccccc2OCc2ccc(F)cc2)[C@H]([N+](=O)[O-])[C@@]12C(=O)Nc1ccccc12. The number of amides is 1. The number of ether oxygens (including phenoxy) is 1. The highest BCUT2D eigenvalue weighted by molar-refractivity contribution is 6.06. The molecule has 0 aromatic heterocycles. The molecule has 0 aliphatic carbocycles. The van der Waals surface area contributed by atoms with Crippen molar-refractivity contribution in [2.45, 2.75) is 24.1 Å². The van der Waals surface area contributed by atoms with Crippen molar-refractivity contribution in [3.05, 3.63) is 105 Å². The van der Waals surface area contributed by atoms with E-state index in [-0.39, 0.29) is 23.3 Å². The summed E-state index contributed by atoms with van der Waals surface area (Å²) < 4.78 is 19.2. The van der Waals surface area contributed by atoms with Crippen LogP contribution in [0.1, 0.15) is 22.6 Å². The van der Waals surface area contributed by atoms with Crippen LogP contribution in [-0.2, 0) is 16.9 Å². The molecule has 2 aliphatic heterocycles. The van der Waals surface area contributed by atoms with Crippen LogP contribution in [0.5, 0.6) is 5.75 Å². The molecule has 3 aromatic rings. The summed E-state index contributed by atoms with van der Waals surface area (Å²) in [5, 5.41) is 15.3. The predicted octanol–water partition coefficient (Wildman–Crippen LogP) is 3.93. The molecule has 1 saturated heterocycles. The van der Waals surface area contributed by atoms with Crippen LogP contribution >= 0.6 is 0 Å². The van der Waals surface area contributed by atoms with E-state index < -0.39 is 17.5 Å². The van der Waals surface area contributed by atoms with E-state index in [0.717, 1.165) is 5.56 Å². The number of fused-ring (bicyclic) bond motifs is 2. The minimum absolute atomic E-state index is 0.192. The molecule has 3 aromatic carbocycles. The van der Waals surface area contributed by atoms with Crippen molar-refractivity contribution in [3.8, 4) is 5.75 Å². The Kier molecular flexibility index (Phi) is 5.09. The fraction of sp³-hybridized carbons (Fsp3) is 0.240. The van der Waals surface area contributed by atoms with Gasteiger partial charge < -0.3 is 10.1 Å². The van der Waals surface area contributed by atoms with Gasteiger partial charge in [-0.2, -0.15) is 0 Å². The molecule has 1 fully saturated rings. The van der Waals surface area contributed by atoms with Gasteiger partial charge in [-0.05, 0) is 36.9 Å². The summed E-state index contributed by atoms with van der Waals surface area (Å²) in [6.07, 6.45) is 0. The van der Waals surface area contributed by atoms with Gasteiger partial charge in [0, 0.05) is 28.3 Å². The number of anilines is 1. The highest BCUT2D eigenvalue weighted by Crippen LogP contribution is 2.52. The first-order valence-corrected chi connectivity index (χ1v) is 10.6. The summed E-state index contributed by atoms with van der Waals surface area (Å²) in [6, 6.07) is 19.1. The van der Waals surface area contributed by atoms with E-state index in [0.29, 0.717) is 29.1 Å². The Bertz CT molecular complexity index is 1230. The second-order valence-corrected chi connectivity index (χ2v) is 8.44. The maximum absolute atomic E-state index is 13.3. The molecule has 5 rings (SSSR count). The number of nitrogens with one attached hydrogen (secondary N) is 1. The zero-order valence-electron chi connectivity index (χ0n) is 17.9. The smallest absolute Gasteiger partial charge is 0.256 e. The molecule has 8 heteroatoms. The Hall–Kier alpha value is -3.78. The first kappa shape index (κ1) is 21.1. The summed E-state index contributed by atoms with van der Waals surface area (Å²) in [6.45, 7) is 0.502. The molecule has 0 saturated carbocycles. The lowest BCUT2D eigenvalue weighted by molar-refractivity contribution is -0.534. The Morgan fingerprint density at radius 1 is 1.12 bits per heavy atom. The number of nitrogens with zero attached hydrogens (tertiary/aromatic N) is 2. The highest BCUT2D eigenvalue weighted by Gasteiger charge is 2.68. The first-order valence-electron chi connectivity index (χ1n) is 10.6. The number of nitro groups is 1. The van der Waals surface area contributed by atoms with Gasteiger partial charge in [-0.25, -0.2) is 4.39 Å². The second kappa shape index (κ2) is 7.97. The van der Waals surface area contributed by atoms with E-state index in [4.69, 9.17) is 4.74 Å². The normalized spacial score (nSPS) is 24.0. The number of hydrogen-bond acceptors (Lipinski definition) is 5. The van der Waals surface area contributed by atoms with Gasteiger partial charge in [0.15, 0.2) is 5.54 Å². The van der Waals surface area contributed by atoms with Crippen LogP contribution in [0.3, 0.4) is 0 Å². The topological polar surface area (TPSA) is 84.7 Å². The zero-order valence-corrected chi connectivity index (χ0v) is 17.9. The summed E-state index contributed by atoms with van der Waals surface area (Å²) >= 11 is 0. The average molecular weight is 447 g/mol. The van der Waals surface area contributed by atoms with Crippen molar-refractivity contribution < 1.29 is 18.8 Å². The third kappa shape index (κ3) is 3.25. The van der Waals surface area contributed by atoms with Gasteiger partial charge in [-0.1, -0.05) is 48.5 Å². The van der Waals surface area contributed by atoms with Gasteiger partial charge in [0.25, 0.3) is 11.9 Å². The monoisotopic (exact) mass is 447 g/mol. The third-order valence-electron chi connectivity index (χ3n) is 6.67. The molecule has 0 radical (unpaired) electrons. The van der Waals surface area contributed by atoms with Crippen molar-refractivity contribution >= 4 is 11.6 Å². The van der Waals surface area contributed by atoms with Crippen LogP contribution in [0.4, 0.5) is 10.1 Å². The fourth-order valence-corrected chi connectivity index (χ4v) is 5.22. The van der Waals surface area contributed by atoms with Crippen LogP contribution in [0.2, 0.25) is 0 Å². The van der Waals surface area contributed by atoms with E-state index in [1.807, 2.05) is 12.1 Å². The quantitative estimate of drug-likeness (QED) is 0.473. The van der Waals surface area contributed by atoms with Crippen LogP contribution in [-0.4, -0.2) is 35.4 Å². The van der Waals surface area contributed by atoms with Crippen LogP contribution < -0.4 is 10.1 Å². The Balaban J connectivity index is 1.54. The van der Waals surface area contributed by atoms with Gasteiger partial charge in [0.2, 0.25) is 0 Å². The maximum Gasteiger partial charge on any atom is 0.256 e. The van der Waals surface area contributed by atoms with E-state index in [1.165, 1.54) is 12.1 Å². The molecule has 7 nitrogen and oxygen atoms in total. The molecule has 33 heavy (non-hydrogen) atoms. The molecule has 168 valence electrons. The van der Waals surface area contributed by atoms with Crippen LogP contribution in [0.25, 0.3) is 0 Å². The van der Waals surface area contributed by atoms with Crippen molar-refractivity contribution in [2.75, 3.05) is 18.9 Å². The minimum atomic E-state index is -1.41. The molecule has 0 unspecified atom stereocenters. The number of hydrogen-bond donors (Lipinski definition) is 1. The van der Waals surface area contributed by atoms with Crippen LogP contribution in [0, 0.1) is 15.9 Å². The summed E-state index contributed by atoms with van der Waals surface area (Å²) in [7, 11) is 1.75. The lowest BCUT2D eigenvalue weighted by Crippen LogP contribution is -2.54. The van der Waals surface area contributed by atoms with Gasteiger partial charge in [0.05, 0.1) is 5.92 Å². The molecule has 1 amide bonds. The predicted molar refractivity (Wildman–Crippen MR) is 120 cm³/mol. The molecule has 0 bridgehead atoms. The maximum atomic E-state index is 13.3. The summed E-state index contributed by atoms with van der Waals surface area (Å²) in [5.74, 6) is -0.787. The van der Waals surface area contributed by atoms with E-state index >= 15 is 0 Å². The standard InChI is InChI=1S/C25H22FN3O4/c1-28-14-19(18-6-2-5-9-22(18)33-15-16-10-12-17(26)13-11-16)23(29(31)32)25(28)20-7-3-4-8-21(20)27-24(25)30/h2-13,19,23H,14-15H2,1H3,(H,27,30)/t19-,23+,25+/m1/s1. The summed E-state index contributed by atoms with van der Waals surface area (Å²) in [5.41, 5.74) is 1.26. The molecule has 1 spiro atoms. The molecule has 2 aliphatic rings. The molecule has 1 N–H and O–H groups in total. The Labute approximate surface area is 189 Å². The Morgan fingerprint density at radius 3 is 2.58 bits per heavy atom. The molecule has 2 heterocycles. The number of benzene rings is 3. The minimum Gasteiger partial charge on any atom is -0.489 e. The van der Waals surface area contributed by atoms with Gasteiger partial charge in [-0.3, -0.25) is 19.8 Å². The van der Waals surface area contributed by atoms with E-state index in [2.05, 4.69) is 5.32 Å². The summed E-state index contributed by atoms with van der Waals surface area (Å²) in [4.78, 5) is 27.2. The fourth-order valence-electron chi connectivity index (χ4n) is 5.22. The second-order valence-electron chi connectivity index (χ2n) is 8.44. The number of halogens is 1. The number of likely N-dealkylation sites (tertiary alicyclic amines) is 1. The highest BCUT2D eigenvalue weighted by atomic mass is 19.1. The molecular weight excluding hydrogens is 425 g/mol. The first-order chi connectivity index (χ1) is 15.9. The van der Waals surface area contributed by atoms with Gasteiger partial charge in [0.1, 0.15) is 18.2 Å². The number of likely N-dealkylation sites (N-methyl/N-ethyl adjacent to an activating group) is 1. The van der Waals surface area contributed by atoms with E-state index in [9.17, 15) is 19.3 Å². The van der Waals surface area contributed by atoms with Crippen LogP contribution in [0.15, 0.2) is 72.8 Å². The van der Waals surface area contributed by atoms with Crippen molar-refractivity contribution in [3.63, 3.8) is 0 Å². The number of carbonyl (C=O) groups is 1. The zero-order chi connectivity index (χ0) is 23.2. The number of para-hydroxylation sites is 2. The lowest BCUT2D eigenvalue weighted by Gasteiger charge is -2.30. The average Bonchev–Trinajstić information content (AvgIpc) is 3.28. The van der Waals surface area contributed by atoms with Gasteiger partial charge in [-0.15, -0.1) is 0 Å². The molecule has 3 atom stereocenters. The largest absolute Gasteiger partial charge is 0.489 e. The van der Waals surface area contributed by atoms with E-state index in [1.54, 1.807) is 60.5 Å². The van der Waals surface area contributed by atoms with Crippen molar-refractivity contribution in [2.24, 2.45) is 0 Å². The van der Waals surface area contributed by atoms with Gasteiger partial charge >= 0.3 is 0 Å². The van der Waals surface area contributed by atoms with Crippen molar-refractivity contribution in [1.29, 1.82) is 0 Å². The Morgan fingerprint density at radius 2 is 1.82 bits per heavy atom. The lowest BCUT2D eigenvalue weighted by atomic mass is 9.79. The molecular formula is C25H22FN3O4.